The minimum absolute atomic E-state index is 0.164. The van der Waals surface area contributed by atoms with Crippen molar-refractivity contribution in [2.75, 3.05) is 14.2 Å². The molecule has 0 radical (unpaired) electrons. The average Bonchev–Trinajstić information content (AvgIpc) is 3.53. The van der Waals surface area contributed by atoms with Crippen LogP contribution in [-0.4, -0.2) is 29.0 Å². The van der Waals surface area contributed by atoms with Crippen molar-refractivity contribution < 1.29 is 9.47 Å². The Morgan fingerprint density at radius 2 is 1.60 bits per heavy atom. The summed E-state index contributed by atoms with van der Waals surface area (Å²) in [4.78, 5) is 18.2. The van der Waals surface area contributed by atoms with E-state index in [9.17, 15) is 4.79 Å². The van der Waals surface area contributed by atoms with Gasteiger partial charge in [-0.15, -0.1) is 21.6 Å². The summed E-state index contributed by atoms with van der Waals surface area (Å²) >= 11 is 1.37. The van der Waals surface area contributed by atoms with Gasteiger partial charge in [0.05, 0.1) is 25.6 Å². The van der Waals surface area contributed by atoms with Crippen LogP contribution in [-0.2, 0) is 0 Å². The van der Waals surface area contributed by atoms with Crippen molar-refractivity contribution in [1.29, 1.82) is 0 Å². The Hall–Kier alpha value is -4.50. The topological polar surface area (TPSA) is 93.9 Å². The van der Waals surface area contributed by atoms with E-state index in [0.29, 0.717) is 28.0 Å². The average molecular weight is 484 g/mol. The number of thiazole rings is 1. The summed E-state index contributed by atoms with van der Waals surface area (Å²) in [5.74, 6) is 1.12. The van der Waals surface area contributed by atoms with Crippen LogP contribution in [0.5, 0.6) is 11.5 Å². The molecule has 0 aliphatic carbocycles. The zero-order valence-corrected chi connectivity index (χ0v) is 19.8. The molecule has 0 bridgehead atoms. The summed E-state index contributed by atoms with van der Waals surface area (Å²) in [6.45, 7) is 0. The standard InChI is InChI=1S/C26H21N5O3S/c1-33-19-13-14-22(34-2)20(15-19)28-29-24-23(18-11-7-4-8-12-18)30-31(25(24)32)26-27-21(16-35-26)17-9-5-3-6-10-17/h3-16,30H,1-2H3. The predicted octanol–water partition coefficient (Wildman–Crippen LogP) is 6.39. The van der Waals surface area contributed by atoms with Crippen molar-refractivity contribution in [3.63, 3.8) is 0 Å². The lowest BCUT2D eigenvalue weighted by molar-refractivity contribution is 0.404. The van der Waals surface area contributed by atoms with E-state index in [1.807, 2.05) is 66.0 Å². The van der Waals surface area contributed by atoms with Crippen LogP contribution in [0.2, 0.25) is 0 Å². The summed E-state index contributed by atoms with van der Waals surface area (Å²) in [6.07, 6.45) is 0. The largest absolute Gasteiger partial charge is 0.497 e. The van der Waals surface area contributed by atoms with Gasteiger partial charge in [0.15, 0.2) is 5.69 Å². The van der Waals surface area contributed by atoms with Gasteiger partial charge >= 0.3 is 5.56 Å². The van der Waals surface area contributed by atoms with Crippen molar-refractivity contribution in [3.05, 3.63) is 94.6 Å². The maximum atomic E-state index is 13.5. The number of aromatic amines is 1. The van der Waals surface area contributed by atoms with E-state index in [1.165, 1.54) is 16.0 Å². The molecule has 0 saturated carbocycles. The van der Waals surface area contributed by atoms with Gasteiger partial charge in [0.1, 0.15) is 17.2 Å². The van der Waals surface area contributed by atoms with Gasteiger partial charge in [-0.2, -0.15) is 4.68 Å². The molecule has 1 N–H and O–H groups in total. The lowest BCUT2D eigenvalue weighted by atomic mass is 10.1. The van der Waals surface area contributed by atoms with Crippen molar-refractivity contribution >= 4 is 22.7 Å². The maximum Gasteiger partial charge on any atom is 0.301 e. The number of hydrogen-bond acceptors (Lipinski definition) is 7. The van der Waals surface area contributed by atoms with Gasteiger partial charge in [0.2, 0.25) is 5.13 Å². The first-order valence-corrected chi connectivity index (χ1v) is 11.6. The monoisotopic (exact) mass is 483 g/mol. The summed E-state index contributed by atoms with van der Waals surface area (Å²) in [5, 5.41) is 14.3. The Bertz CT molecular complexity index is 1540. The highest BCUT2D eigenvalue weighted by atomic mass is 32.1. The van der Waals surface area contributed by atoms with E-state index in [-0.39, 0.29) is 11.2 Å². The van der Waals surface area contributed by atoms with Gasteiger partial charge in [-0.3, -0.25) is 9.89 Å². The summed E-state index contributed by atoms with van der Waals surface area (Å²) in [6, 6.07) is 24.5. The number of hydrogen-bond donors (Lipinski definition) is 1. The highest BCUT2D eigenvalue weighted by Crippen LogP contribution is 2.34. The number of nitrogens with zero attached hydrogens (tertiary/aromatic N) is 4. The molecule has 0 unspecified atom stereocenters. The Morgan fingerprint density at radius 3 is 2.29 bits per heavy atom. The van der Waals surface area contributed by atoms with Gasteiger partial charge in [-0.25, -0.2) is 4.98 Å². The van der Waals surface area contributed by atoms with Crippen molar-refractivity contribution in [1.82, 2.24) is 14.8 Å². The summed E-state index contributed by atoms with van der Waals surface area (Å²) in [5.41, 5.74) is 3.35. The third kappa shape index (κ3) is 4.49. The molecule has 2 heterocycles. The highest BCUT2D eigenvalue weighted by Gasteiger charge is 2.19. The Morgan fingerprint density at radius 1 is 0.886 bits per heavy atom. The molecule has 0 spiro atoms. The smallest absolute Gasteiger partial charge is 0.301 e. The molecule has 0 fully saturated rings. The minimum atomic E-state index is -0.358. The van der Waals surface area contributed by atoms with Crippen LogP contribution in [0.4, 0.5) is 11.4 Å². The second-order valence-corrected chi connectivity index (χ2v) is 8.30. The van der Waals surface area contributed by atoms with Crippen LogP contribution in [0.15, 0.2) is 99.3 Å². The first-order valence-electron chi connectivity index (χ1n) is 10.7. The molecule has 5 rings (SSSR count). The lowest BCUT2D eigenvalue weighted by Gasteiger charge is -2.05. The van der Waals surface area contributed by atoms with Crippen LogP contribution in [0.25, 0.3) is 27.6 Å². The fraction of sp³-hybridized carbons (Fsp3) is 0.0769. The van der Waals surface area contributed by atoms with E-state index in [1.54, 1.807) is 32.4 Å². The van der Waals surface area contributed by atoms with Gasteiger partial charge in [-0.1, -0.05) is 60.7 Å². The second kappa shape index (κ2) is 9.78. The zero-order chi connectivity index (χ0) is 24.2. The molecule has 0 amide bonds. The van der Waals surface area contributed by atoms with Crippen LogP contribution in [0.3, 0.4) is 0 Å². The Labute approximate surface area is 205 Å². The molecule has 3 aromatic carbocycles. The fourth-order valence-electron chi connectivity index (χ4n) is 3.55. The van der Waals surface area contributed by atoms with Crippen LogP contribution >= 0.6 is 11.3 Å². The number of methoxy groups -OCH3 is 2. The van der Waals surface area contributed by atoms with Crippen molar-refractivity contribution in [2.45, 2.75) is 0 Å². The molecular formula is C26H21N5O3S. The first-order chi connectivity index (χ1) is 17.2. The predicted molar refractivity (Wildman–Crippen MR) is 137 cm³/mol. The first kappa shape index (κ1) is 22.3. The lowest BCUT2D eigenvalue weighted by Crippen LogP contribution is -2.13. The van der Waals surface area contributed by atoms with E-state index >= 15 is 0 Å². The number of benzene rings is 3. The number of rotatable bonds is 7. The van der Waals surface area contributed by atoms with E-state index < -0.39 is 0 Å². The molecule has 0 saturated heterocycles. The highest BCUT2D eigenvalue weighted by molar-refractivity contribution is 7.12. The van der Waals surface area contributed by atoms with Crippen LogP contribution in [0, 0.1) is 0 Å². The van der Waals surface area contributed by atoms with E-state index in [4.69, 9.17) is 9.47 Å². The second-order valence-electron chi connectivity index (χ2n) is 7.46. The summed E-state index contributed by atoms with van der Waals surface area (Å²) in [7, 11) is 3.12. The maximum absolute atomic E-state index is 13.5. The molecule has 2 aromatic heterocycles. The fourth-order valence-corrected chi connectivity index (χ4v) is 4.34. The summed E-state index contributed by atoms with van der Waals surface area (Å²) < 4.78 is 12.1. The normalized spacial score (nSPS) is 11.1. The molecule has 5 aromatic rings. The van der Waals surface area contributed by atoms with Crippen molar-refractivity contribution in [3.8, 4) is 39.1 Å². The molecule has 174 valence electrons. The number of H-pyrrole nitrogens is 1. The molecule has 9 heteroatoms. The van der Waals surface area contributed by atoms with Gasteiger partial charge < -0.3 is 9.47 Å². The molecule has 8 nitrogen and oxygen atoms in total. The molecular weight excluding hydrogens is 462 g/mol. The third-order valence-electron chi connectivity index (χ3n) is 5.33. The number of aromatic nitrogens is 3. The van der Waals surface area contributed by atoms with E-state index in [2.05, 4.69) is 20.3 Å². The Kier molecular flexibility index (Phi) is 6.23. The van der Waals surface area contributed by atoms with Crippen LogP contribution < -0.4 is 15.0 Å². The molecule has 0 aliphatic rings. The Balaban J connectivity index is 1.61. The molecule has 0 atom stereocenters. The van der Waals surface area contributed by atoms with Gasteiger partial charge in [0, 0.05) is 22.6 Å². The number of azo groups is 1. The van der Waals surface area contributed by atoms with Crippen molar-refractivity contribution in [2.24, 2.45) is 10.2 Å². The number of nitrogens with one attached hydrogen (secondary N) is 1. The van der Waals surface area contributed by atoms with Gasteiger partial charge in [-0.05, 0) is 12.1 Å². The van der Waals surface area contributed by atoms with Crippen LogP contribution in [0.1, 0.15) is 0 Å². The zero-order valence-electron chi connectivity index (χ0n) is 19.0. The minimum Gasteiger partial charge on any atom is -0.497 e. The van der Waals surface area contributed by atoms with E-state index in [0.717, 1.165) is 16.8 Å². The molecule has 35 heavy (non-hydrogen) atoms. The van der Waals surface area contributed by atoms with Gasteiger partial charge in [0.25, 0.3) is 0 Å². The SMILES string of the molecule is COc1ccc(OC)c(N=Nc2c(-c3ccccc3)[nH]n(-c3nc(-c4ccccc4)cs3)c2=O)c1. The molecule has 0 aliphatic heterocycles. The quantitative estimate of drug-likeness (QED) is 0.272. The number of ether oxygens (including phenoxy) is 2. The third-order valence-corrected chi connectivity index (χ3v) is 6.15.